The Kier molecular flexibility index (Phi) is 3.77. The van der Waals surface area contributed by atoms with E-state index < -0.39 is 0 Å². The van der Waals surface area contributed by atoms with Gasteiger partial charge in [-0.05, 0) is 12.0 Å². The first-order valence-corrected chi connectivity index (χ1v) is 5.93. The molecule has 0 saturated carbocycles. The summed E-state index contributed by atoms with van der Waals surface area (Å²) in [6.45, 7) is 2.08. The van der Waals surface area contributed by atoms with E-state index in [0.29, 0.717) is 5.69 Å². The second-order valence-corrected chi connectivity index (χ2v) is 4.01. The highest BCUT2D eigenvalue weighted by atomic mass is 16.5. The zero-order chi connectivity index (χ0) is 13.0. The van der Waals surface area contributed by atoms with Crippen molar-refractivity contribution in [3.05, 3.63) is 54.1 Å². The maximum Gasteiger partial charge on any atom is 0.356 e. The Bertz CT molecular complexity index is 520. The van der Waals surface area contributed by atoms with Crippen molar-refractivity contribution in [2.24, 2.45) is 0 Å². The molecule has 0 saturated heterocycles. The summed E-state index contributed by atoms with van der Waals surface area (Å²) in [5, 5.41) is 0. The molecule has 0 fully saturated rings. The van der Waals surface area contributed by atoms with Crippen molar-refractivity contribution in [3.63, 3.8) is 0 Å². The van der Waals surface area contributed by atoms with E-state index in [1.165, 1.54) is 13.3 Å². The Labute approximate surface area is 106 Å². The summed E-state index contributed by atoms with van der Waals surface area (Å²) < 4.78 is 6.63. The summed E-state index contributed by atoms with van der Waals surface area (Å²) in [5.74, 6) is -0.359. The van der Waals surface area contributed by atoms with Gasteiger partial charge in [-0.1, -0.05) is 37.3 Å². The highest BCUT2D eigenvalue weighted by molar-refractivity contribution is 5.87. The fourth-order valence-electron chi connectivity index (χ4n) is 2.08. The van der Waals surface area contributed by atoms with Crippen molar-refractivity contribution in [1.29, 1.82) is 0 Å². The van der Waals surface area contributed by atoms with Gasteiger partial charge in [0.1, 0.15) is 5.69 Å². The predicted octanol–water partition coefficient (Wildman–Crippen LogP) is 2.67. The molecule has 18 heavy (non-hydrogen) atoms. The molecule has 0 spiro atoms. The lowest BCUT2D eigenvalue weighted by Crippen LogP contribution is -2.16. The lowest BCUT2D eigenvalue weighted by molar-refractivity contribution is 0.0587. The first kappa shape index (κ1) is 12.4. The van der Waals surface area contributed by atoms with Crippen molar-refractivity contribution in [3.8, 4) is 0 Å². The molecular weight excluding hydrogens is 228 g/mol. The normalized spacial score (nSPS) is 12.1. The highest BCUT2D eigenvalue weighted by Crippen LogP contribution is 2.23. The van der Waals surface area contributed by atoms with Gasteiger partial charge in [0.05, 0.1) is 25.7 Å². The van der Waals surface area contributed by atoms with E-state index in [1.54, 1.807) is 6.33 Å². The van der Waals surface area contributed by atoms with Gasteiger partial charge in [-0.25, -0.2) is 9.78 Å². The number of hydrogen-bond donors (Lipinski definition) is 0. The summed E-state index contributed by atoms with van der Waals surface area (Å²) in [6.07, 6.45) is 4.09. The second-order valence-electron chi connectivity index (χ2n) is 4.01. The molecule has 0 amide bonds. The number of imidazole rings is 1. The van der Waals surface area contributed by atoms with Crippen LogP contribution < -0.4 is 0 Å². The summed E-state index contributed by atoms with van der Waals surface area (Å²) >= 11 is 0. The van der Waals surface area contributed by atoms with E-state index >= 15 is 0 Å². The van der Waals surface area contributed by atoms with Crippen LogP contribution in [0.1, 0.15) is 35.4 Å². The molecule has 0 aliphatic rings. The van der Waals surface area contributed by atoms with Gasteiger partial charge in [0.25, 0.3) is 0 Å². The molecule has 4 heteroatoms. The van der Waals surface area contributed by atoms with Crippen LogP contribution in [0.4, 0.5) is 0 Å². The third-order valence-corrected chi connectivity index (χ3v) is 2.97. The zero-order valence-corrected chi connectivity index (χ0v) is 10.5. The number of rotatable bonds is 4. The summed E-state index contributed by atoms with van der Waals surface area (Å²) in [4.78, 5) is 15.7. The molecule has 1 heterocycles. The van der Waals surface area contributed by atoms with E-state index in [9.17, 15) is 4.79 Å². The van der Waals surface area contributed by atoms with Crippen molar-refractivity contribution in [1.82, 2.24) is 9.55 Å². The lowest BCUT2D eigenvalue weighted by Gasteiger charge is -2.19. The van der Waals surface area contributed by atoms with Gasteiger partial charge in [-0.3, -0.25) is 0 Å². The van der Waals surface area contributed by atoms with Crippen LogP contribution in [-0.4, -0.2) is 22.6 Å². The fourth-order valence-corrected chi connectivity index (χ4v) is 2.08. The topological polar surface area (TPSA) is 44.1 Å². The van der Waals surface area contributed by atoms with Gasteiger partial charge < -0.3 is 9.30 Å². The highest BCUT2D eigenvalue weighted by Gasteiger charge is 2.19. The molecule has 94 valence electrons. The number of hydrogen-bond acceptors (Lipinski definition) is 3. The van der Waals surface area contributed by atoms with Crippen LogP contribution in [0.15, 0.2) is 42.9 Å². The van der Waals surface area contributed by atoms with E-state index in [-0.39, 0.29) is 12.0 Å². The zero-order valence-electron chi connectivity index (χ0n) is 10.5. The molecule has 4 nitrogen and oxygen atoms in total. The minimum atomic E-state index is -0.359. The standard InChI is InChI=1S/C14H16N2O2/c1-3-12(11-7-5-4-6-8-11)16-10-15-9-13(16)14(17)18-2/h4-10,12H,3H2,1-2H3/t12-/m1/s1. The Morgan fingerprint density at radius 2 is 2.11 bits per heavy atom. The number of nitrogens with zero attached hydrogens (tertiary/aromatic N) is 2. The molecule has 2 aromatic rings. The van der Waals surface area contributed by atoms with Gasteiger partial charge in [-0.15, -0.1) is 0 Å². The Balaban J connectivity index is 2.40. The summed E-state index contributed by atoms with van der Waals surface area (Å²) in [5.41, 5.74) is 1.64. The number of esters is 1. The molecule has 0 aliphatic heterocycles. The maximum atomic E-state index is 11.7. The quantitative estimate of drug-likeness (QED) is 0.777. The number of methoxy groups -OCH3 is 1. The number of ether oxygens (including phenoxy) is 1. The number of carbonyl (C=O) groups excluding carboxylic acids is 1. The molecule has 0 N–H and O–H groups in total. The number of benzene rings is 1. The van der Waals surface area contributed by atoms with E-state index in [2.05, 4.69) is 24.0 Å². The minimum Gasteiger partial charge on any atom is -0.464 e. The average Bonchev–Trinajstić information content (AvgIpc) is 2.89. The van der Waals surface area contributed by atoms with Crippen LogP contribution in [0.2, 0.25) is 0 Å². The van der Waals surface area contributed by atoms with Crippen LogP contribution in [0.5, 0.6) is 0 Å². The molecule has 1 aromatic carbocycles. The molecule has 0 unspecified atom stereocenters. The third kappa shape index (κ3) is 2.27. The molecular formula is C14H16N2O2. The summed E-state index contributed by atoms with van der Waals surface area (Å²) in [7, 11) is 1.38. The van der Waals surface area contributed by atoms with Gasteiger partial charge in [-0.2, -0.15) is 0 Å². The Morgan fingerprint density at radius 3 is 2.72 bits per heavy atom. The van der Waals surface area contributed by atoms with Gasteiger partial charge in [0, 0.05) is 0 Å². The molecule has 1 aromatic heterocycles. The van der Waals surface area contributed by atoms with Gasteiger partial charge >= 0.3 is 5.97 Å². The van der Waals surface area contributed by atoms with E-state index in [0.717, 1.165) is 12.0 Å². The van der Waals surface area contributed by atoms with Crippen LogP contribution in [0, 0.1) is 0 Å². The third-order valence-electron chi connectivity index (χ3n) is 2.97. The van der Waals surface area contributed by atoms with Crippen molar-refractivity contribution in [2.75, 3.05) is 7.11 Å². The maximum absolute atomic E-state index is 11.7. The molecule has 0 radical (unpaired) electrons. The van der Waals surface area contributed by atoms with Crippen LogP contribution in [0.3, 0.4) is 0 Å². The van der Waals surface area contributed by atoms with Crippen molar-refractivity contribution in [2.45, 2.75) is 19.4 Å². The largest absolute Gasteiger partial charge is 0.464 e. The van der Waals surface area contributed by atoms with E-state index in [1.807, 2.05) is 22.8 Å². The Morgan fingerprint density at radius 1 is 1.39 bits per heavy atom. The van der Waals surface area contributed by atoms with Crippen LogP contribution in [-0.2, 0) is 4.74 Å². The monoisotopic (exact) mass is 244 g/mol. The second kappa shape index (κ2) is 5.49. The number of carbonyl (C=O) groups is 1. The smallest absolute Gasteiger partial charge is 0.356 e. The van der Waals surface area contributed by atoms with E-state index in [4.69, 9.17) is 4.74 Å². The average molecular weight is 244 g/mol. The molecule has 0 bridgehead atoms. The summed E-state index contributed by atoms with van der Waals surface area (Å²) in [6, 6.07) is 10.2. The van der Waals surface area contributed by atoms with Gasteiger partial charge in [0.15, 0.2) is 0 Å². The first-order valence-electron chi connectivity index (χ1n) is 5.93. The van der Waals surface area contributed by atoms with Crippen LogP contribution in [0.25, 0.3) is 0 Å². The van der Waals surface area contributed by atoms with Crippen molar-refractivity contribution < 1.29 is 9.53 Å². The lowest BCUT2D eigenvalue weighted by atomic mass is 10.0. The predicted molar refractivity (Wildman–Crippen MR) is 68.4 cm³/mol. The van der Waals surface area contributed by atoms with Gasteiger partial charge in [0.2, 0.25) is 0 Å². The number of aromatic nitrogens is 2. The first-order chi connectivity index (χ1) is 8.77. The molecule has 2 rings (SSSR count). The van der Waals surface area contributed by atoms with Crippen molar-refractivity contribution >= 4 is 5.97 Å². The van der Waals surface area contributed by atoms with Crippen LogP contribution >= 0.6 is 0 Å². The molecule has 1 atom stereocenters. The Hall–Kier alpha value is -2.10. The molecule has 0 aliphatic carbocycles. The minimum absolute atomic E-state index is 0.0998. The fraction of sp³-hybridized carbons (Fsp3) is 0.286. The SMILES string of the molecule is CC[C@H](c1ccccc1)n1cncc1C(=O)OC.